The molecule has 0 aliphatic carbocycles. The summed E-state index contributed by atoms with van der Waals surface area (Å²) < 4.78 is 5.81. The summed E-state index contributed by atoms with van der Waals surface area (Å²) in [6.07, 6.45) is -0.0543. The molecule has 188 valence electrons. The third kappa shape index (κ3) is 4.29. The van der Waals surface area contributed by atoms with Crippen LogP contribution in [-0.4, -0.2) is 27.9 Å². The van der Waals surface area contributed by atoms with Crippen molar-refractivity contribution >= 4 is 34.0 Å². The molecule has 1 amide bonds. The monoisotopic (exact) mass is 494 g/mol. The minimum absolute atomic E-state index is 0.0543. The van der Waals surface area contributed by atoms with Gasteiger partial charge in [-0.1, -0.05) is 36.4 Å². The van der Waals surface area contributed by atoms with Crippen molar-refractivity contribution in [2.75, 3.05) is 4.90 Å². The van der Waals surface area contributed by atoms with Crippen LogP contribution in [0.4, 0.5) is 5.69 Å². The number of amides is 1. The summed E-state index contributed by atoms with van der Waals surface area (Å²) in [4.78, 5) is 32.2. The van der Waals surface area contributed by atoms with E-state index < -0.39 is 17.7 Å². The number of H-pyrrole nitrogens is 1. The van der Waals surface area contributed by atoms with Crippen LogP contribution in [0.2, 0.25) is 0 Å². The predicted molar refractivity (Wildman–Crippen MR) is 146 cm³/mol. The number of aliphatic hydroxyl groups is 1. The number of Topliss-reactive ketones (excluding diaryl/α,β-unsaturated/α-hetero) is 1. The molecule has 2 heterocycles. The van der Waals surface area contributed by atoms with Crippen molar-refractivity contribution in [2.45, 2.75) is 46.8 Å². The Morgan fingerprint density at radius 1 is 0.946 bits per heavy atom. The third-order valence-electron chi connectivity index (χ3n) is 6.63. The van der Waals surface area contributed by atoms with Gasteiger partial charge in [-0.2, -0.15) is 0 Å². The van der Waals surface area contributed by atoms with Crippen LogP contribution in [0.1, 0.15) is 47.8 Å². The smallest absolute Gasteiger partial charge is 0.300 e. The first-order chi connectivity index (χ1) is 17.7. The van der Waals surface area contributed by atoms with Crippen LogP contribution < -0.4 is 9.64 Å². The number of carbonyl (C=O) groups excluding carboxylic acids is 2. The number of hydrogen-bond acceptors (Lipinski definition) is 4. The van der Waals surface area contributed by atoms with Crippen LogP contribution in [0.25, 0.3) is 16.7 Å². The highest BCUT2D eigenvalue weighted by Gasteiger charge is 2.48. The number of aromatic nitrogens is 1. The van der Waals surface area contributed by atoms with Gasteiger partial charge in [0.2, 0.25) is 0 Å². The lowest BCUT2D eigenvalue weighted by Crippen LogP contribution is -2.29. The fourth-order valence-electron chi connectivity index (χ4n) is 5.26. The predicted octanol–water partition coefficient (Wildman–Crippen LogP) is 6.51. The molecule has 5 rings (SSSR count). The number of para-hydroxylation sites is 1. The Morgan fingerprint density at radius 3 is 2.35 bits per heavy atom. The number of benzene rings is 3. The number of hydrogen-bond donors (Lipinski definition) is 2. The first kappa shape index (κ1) is 24.4. The Morgan fingerprint density at radius 2 is 1.65 bits per heavy atom. The molecule has 1 aliphatic rings. The highest BCUT2D eigenvalue weighted by molar-refractivity contribution is 6.52. The van der Waals surface area contributed by atoms with Gasteiger partial charge < -0.3 is 14.8 Å². The number of nitrogens with zero attached hydrogens (tertiary/aromatic N) is 1. The Kier molecular flexibility index (Phi) is 6.12. The van der Waals surface area contributed by atoms with E-state index in [0.717, 1.165) is 33.3 Å². The van der Waals surface area contributed by atoms with Crippen molar-refractivity contribution in [2.24, 2.45) is 0 Å². The van der Waals surface area contributed by atoms with Gasteiger partial charge in [0, 0.05) is 33.4 Å². The number of aliphatic hydroxyl groups excluding tert-OH is 1. The van der Waals surface area contributed by atoms with Gasteiger partial charge >= 0.3 is 0 Å². The molecule has 2 N–H and O–H groups in total. The zero-order valence-electron chi connectivity index (χ0n) is 21.6. The van der Waals surface area contributed by atoms with Gasteiger partial charge in [0.05, 0.1) is 17.7 Å². The molecule has 6 nitrogen and oxygen atoms in total. The second-order valence-corrected chi connectivity index (χ2v) is 9.92. The average molecular weight is 495 g/mol. The van der Waals surface area contributed by atoms with E-state index in [-0.39, 0.29) is 17.4 Å². The molecule has 1 saturated heterocycles. The number of ether oxygens (including phenoxy) is 1. The number of fused-ring (bicyclic) bond motifs is 1. The highest BCUT2D eigenvalue weighted by Crippen LogP contribution is 2.46. The molecule has 3 aromatic carbocycles. The highest BCUT2D eigenvalue weighted by atomic mass is 16.5. The Balaban J connectivity index is 1.79. The average Bonchev–Trinajstić information content (AvgIpc) is 3.30. The van der Waals surface area contributed by atoms with Crippen LogP contribution >= 0.6 is 0 Å². The summed E-state index contributed by atoms with van der Waals surface area (Å²) in [5.41, 5.74) is 5.54. The van der Waals surface area contributed by atoms with E-state index in [9.17, 15) is 14.7 Å². The molecule has 0 bridgehead atoms. The number of anilines is 1. The maximum Gasteiger partial charge on any atom is 0.300 e. The van der Waals surface area contributed by atoms with Crippen LogP contribution in [0.3, 0.4) is 0 Å². The Bertz CT molecular complexity index is 1560. The van der Waals surface area contributed by atoms with E-state index in [4.69, 9.17) is 4.74 Å². The zero-order chi connectivity index (χ0) is 26.4. The van der Waals surface area contributed by atoms with Crippen molar-refractivity contribution < 1.29 is 19.4 Å². The molecule has 0 spiro atoms. The molecule has 37 heavy (non-hydrogen) atoms. The molecule has 1 aromatic heterocycles. The maximum atomic E-state index is 13.6. The lowest BCUT2D eigenvalue weighted by Gasteiger charge is -2.26. The lowest BCUT2D eigenvalue weighted by atomic mass is 9.93. The molecule has 6 heteroatoms. The minimum atomic E-state index is -0.813. The fraction of sp³-hybridized carbons (Fsp3) is 0.226. The molecule has 4 aromatic rings. The Labute approximate surface area is 216 Å². The molecule has 0 saturated carbocycles. The van der Waals surface area contributed by atoms with E-state index in [1.165, 1.54) is 4.90 Å². The molecular formula is C31H30N2O4. The summed E-state index contributed by atoms with van der Waals surface area (Å²) in [5.74, 6) is -1.05. The fourth-order valence-corrected chi connectivity index (χ4v) is 5.26. The molecule has 1 atom stereocenters. The van der Waals surface area contributed by atoms with Crippen LogP contribution in [0, 0.1) is 20.8 Å². The summed E-state index contributed by atoms with van der Waals surface area (Å²) >= 11 is 0. The van der Waals surface area contributed by atoms with Gasteiger partial charge in [-0.3, -0.25) is 14.5 Å². The van der Waals surface area contributed by atoms with Crippen LogP contribution in [-0.2, 0) is 9.59 Å². The number of aryl methyl sites for hydroxylation is 3. The number of rotatable bonds is 5. The normalized spacial score (nSPS) is 17.2. The van der Waals surface area contributed by atoms with Crippen LogP contribution in [0.15, 0.2) is 72.3 Å². The van der Waals surface area contributed by atoms with E-state index in [2.05, 4.69) is 4.98 Å². The second kappa shape index (κ2) is 9.28. The van der Waals surface area contributed by atoms with Crippen molar-refractivity contribution in [3.05, 3.63) is 100 Å². The number of nitrogens with one attached hydrogen (secondary N) is 1. The minimum Gasteiger partial charge on any atom is -0.507 e. The SMILES string of the molecule is Cc1cc(C)cc(N2C(=O)C(=O)/C(=C(/O)c3cccc(OC(C)C)c3)C2c2c(C)[nH]c3ccccc23)c1. The van der Waals surface area contributed by atoms with Crippen LogP contribution in [0.5, 0.6) is 5.75 Å². The Hall–Kier alpha value is -4.32. The second-order valence-electron chi connectivity index (χ2n) is 9.92. The first-order valence-electron chi connectivity index (χ1n) is 12.4. The van der Waals surface area contributed by atoms with Gasteiger partial charge in [0.25, 0.3) is 11.7 Å². The summed E-state index contributed by atoms with van der Waals surface area (Å²) in [6.45, 7) is 9.68. The molecule has 0 radical (unpaired) electrons. The quantitative estimate of drug-likeness (QED) is 0.188. The van der Waals surface area contributed by atoms with Crippen molar-refractivity contribution in [3.63, 3.8) is 0 Å². The van der Waals surface area contributed by atoms with Gasteiger partial charge in [-0.15, -0.1) is 0 Å². The third-order valence-corrected chi connectivity index (χ3v) is 6.63. The largest absolute Gasteiger partial charge is 0.507 e. The maximum absolute atomic E-state index is 13.6. The molecular weight excluding hydrogens is 464 g/mol. The lowest BCUT2D eigenvalue weighted by molar-refractivity contribution is -0.132. The summed E-state index contributed by atoms with van der Waals surface area (Å²) in [5, 5.41) is 12.5. The summed E-state index contributed by atoms with van der Waals surface area (Å²) in [6, 6.07) is 19.7. The van der Waals surface area contributed by atoms with Crippen molar-refractivity contribution in [1.82, 2.24) is 4.98 Å². The zero-order valence-corrected chi connectivity index (χ0v) is 21.6. The first-order valence-corrected chi connectivity index (χ1v) is 12.4. The van der Waals surface area contributed by atoms with Gasteiger partial charge in [0.15, 0.2) is 0 Å². The van der Waals surface area contributed by atoms with Gasteiger partial charge in [-0.05, 0) is 76.1 Å². The summed E-state index contributed by atoms with van der Waals surface area (Å²) in [7, 11) is 0. The topological polar surface area (TPSA) is 82.6 Å². The van der Waals surface area contributed by atoms with Crippen molar-refractivity contribution in [1.29, 1.82) is 0 Å². The molecule has 1 fully saturated rings. The van der Waals surface area contributed by atoms with E-state index in [1.807, 2.05) is 77.1 Å². The van der Waals surface area contributed by atoms with Gasteiger partial charge in [0.1, 0.15) is 11.5 Å². The van der Waals surface area contributed by atoms with E-state index in [0.29, 0.717) is 17.0 Å². The van der Waals surface area contributed by atoms with Gasteiger partial charge in [-0.25, -0.2) is 0 Å². The molecule has 1 aliphatic heterocycles. The number of ketones is 1. The van der Waals surface area contributed by atoms with Crippen molar-refractivity contribution in [3.8, 4) is 5.75 Å². The standard InChI is InChI=1S/C31H30N2O4/c1-17(2)37-23-10-8-9-21(16-23)29(34)27-28(26-20(5)32-25-12-7-6-11-24(25)26)33(31(36)30(27)35)22-14-18(3)13-19(4)15-22/h6-17,28,32,34H,1-5H3/b29-27+. The van der Waals surface area contributed by atoms with E-state index in [1.54, 1.807) is 24.3 Å². The number of carbonyl (C=O) groups is 2. The number of aromatic amines is 1. The molecule has 1 unspecified atom stereocenters. The van der Waals surface area contributed by atoms with E-state index >= 15 is 0 Å².